The standard InChI is InChI=1S/C38H43N7O3/c1-2-42-20-9-14-31(42)27-47-37-40-34-25-43(35-16-8-13-29-12-6-7-15-32(29)35)21-18-33(34)36(41-37)44-22-23-45(30(24-44)17-19-39)38(46)48-26-28-10-4-3-5-11-28/h3-8,10-13,15-16,30-31H,2,9,14,17-18,20-27H2,1H3/t30-,31-/m0/s1. The number of piperazine rings is 1. The molecule has 2 saturated heterocycles. The molecule has 2 fully saturated rings. The summed E-state index contributed by atoms with van der Waals surface area (Å²) >= 11 is 0. The molecule has 3 aliphatic rings. The van der Waals surface area contributed by atoms with Gasteiger partial charge in [-0.05, 0) is 49.4 Å². The number of amides is 1. The minimum Gasteiger partial charge on any atom is -0.462 e. The maximum Gasteiger partial charge on any atom is 0.410 e. The Morgan fingerprint density at radius 1 is 0.938 bits per heavy atom. The van der Waals surface area contributed by atoms with Crippen molar-refractivity contribution in [3.8, 4) is 12.1 Å². The Bertz CT molecular complexity index is 1770. The first-order chi connectivity index (χ1) is 23.6. The molecule has 10 nitrogen and oxygen atoms in total. The van der Waals surface area contributed by atoms with E-state index in [1.807, 2.05) is 30.3 Å². The SMILES string of the molecule is CCN1CCC[C@H]1COc1nc2c(c(N3CCN(C(=O)OCc4ccccc4)[C@@H](CC#N)C3)n1)CCN(c1cccc3ccccc13)C2. The van der Waals surface area contributed by atoms with Crippen LogP contribution in [-0.2, 0) is 24.3 Å². The van der Waals surface area contributed by atoms with Crippen LogP contribution in [0.3, 0.4) is 0 Å². The van der Waals surface area contributed by atoms with Gasteiger partial charge in [0.05, 0.1) is 30.8 Å². The molecule has 1 aromatic heterocycles. The highest BCUT2D eigenvalue weighted by atomic mass is 16.6. The highest BCUT2D eigenvalue weighted by Crippen LogP contribution is 2.35. The second kappa shape index (κ2) is 14.5. The third-order valence-electron chi connectivity index (χ3n) is 9.99. The monoisotopic (exact) mass is 645 g/mol. The topological polar surface area (TPSA) is 98.1 Å². The third-order valence-corrected chi connectivity index (χ3v) is 9.99. The molecule has 0 spiro atoms. The molecule has 4 aromatic rings. The van der Waals surface area contributed by atoms with Crippen LogP contribution < -0.4 is 14.5 Å². The van der Waals surface area contributed by atoms with Crippen molar-refractivity contribution in [3.05, 3.63) is 89.6 Å². The van der Waals surface area contributed by atoms with Gasteiger partial charge in [-0.2, -0.15) is 15.2 Å². The molecule has 0 radical (unpaired) electrons. The van der Waals surface area contributed by atoms with E-state index in [4.69, 9.17) is 19.4 Å². The predicted octanol–water partition coefficient (Wildman–Crippen LogP) is 5.80. The fourth-order valence-corrected chi connectivity index (χ4v) is 7.45. The molecule has 4 heterocycles. The number of likely N-dealkylation sites (N-methyl/N-ethyl adjacent to an activating group) is 1. The van der Waals surface area contributed by atoms with Crippen molar-refractivity contribution < 1.29 is 14.3 Å². The van der Waals surface area contributed by atoms with E-state index in [1.54, 1.807) is 4.90 Å². The van der Waals surface area contributed by atoms with Crippen molar-refractivity contribution in [2.24, 2.45) is 0 Å². The maximum absolute atomic E-state index is 13.2. The molecule has 3 aromatic carbocycles. The zero-order chi connectivity index (χ0) is 32.9. The molecule has 3 aliphatic heterocycles. The lowest BCUT2D eigenvalue weighted by atomic mass is 10.0. The minimum absolute atomic E-state index is 0.197. The molecular weight excluding hydrogens is 602 g/mol. The number of carbonyl (C=O) groups excluding carboxylic acids is 1. The molecule has 1 amide bonds. The van der Waals surface area contributed by atoms with E-state index >= 15 is 0 Å². The maximum atomic E-state index is 13.2. The van der Waals surface area contributed by atoms with Crippen LogP contribution in [-0.4, -0.2) is 83.8 Å². The van der Waals surface area contributed by atoms with Gasteiger partial charge < -0.3 is 24.2 Å². The number of ether oxygens (including phenoxy) is 2. The first-order valence-corrected chi connectivity index (χ1v) is 17.2. The van der Waals surface area contributed by atoms with Crippen LogP contribution in [0.5, 0.6) is 6.01 Å². The van der Waals surface area contributed by atoms with Gasteiger partial charge >= 0.3 is 12.1 Å². The minimum atomic E-state index is -0.393. The van der Waals surface area contributed by atoms with Gasteiger partial charge in [-0.15, -0.1) is 0 Å². The molecular formula is C38H43N7O3. The fourth-order valence-electron chi connectivity index (χ4n) is 7.45. The summed E-state index contributed by atoms with van der Waals surface area (Å²) in [7, 11) is 0. The van der Waals surface area contributed by atoms with Crippen molar-refractivity contribution in [1.29, 1.82) is 5.26 Å². The molecule has 0 bridgehead atoms. The Hall–Kier alpha value is -4.88. The van der Waals surface area contributed by atoms with Crippen molar-refractivity contribution in [1.82, 2.24) is 19.8 Å². The van der Waals surface area contributed by atoms with Crippen LogP contribution in [0.2, 0.25) is 0 Å². The van der Waals surface area contributed by atoms with Gasteiger partial charge in [-0.3, -0.25) is 4.90 Å². The van der Waals surface area contributed by atoms with Crippen molar-refractivity contribution in [2.75, 3.05) is 55.7 Å². The van der Waals surface area contributed by atoms with E-state index in [-0.39, 0.29) is 19.1 Å². The van der Waals surface area contributed by atoms with Gasteiger partial charge in [0.1, 0.15) is 19.0 Å². The summed E-state index contributed by atoms with van der Waals surface area (Å²) in [6.45, 7) is 8.02. The number of nitriles is 1. The second-order valence-electron chi connectivity index (χ2n) is 12.9. The Kier molecular flexibility index (Phi) is 9.57. The van der Waals surface area contributed by atoms with Crippen LogP contribution in [0.15, 0.2) is 72.8 Å². The Labute approximate surface area is 282 Å². The van der Waals surface area contributed by atoms with Crippen LogP contribution in [0.1, 0.15) is 43.0 Å². The quantitative estimate of drug-likeness (QED) is 0.224. The Morgan fingerprint density at radius 3 is 2.62 bits per heavy atom. The summed E-state index contributed by atoms with van der Waals surface area (Å²) in [4.78, 5) is 32.1. The van der Waals surface area contributed by atoms with E-state index in [9.17, 15) is 10.1 Å². The summed E-state index contributed by atoms with van der Waals surface area (Å²) in [6, 6.07) is 27.3. The second-order valence-corrected chi connectivity index (χ2v) is 12.9. The smallest absolute Gasteiger partial charge is 0.410 e. The normalized spacial score (nSPS) is 19.6. The molecule has 0 saturated carbocycles. The van der Waals surface area contributed by atoms with Crippen LogP contribution >= 0.6 is 0 Å². The number of nitrogens with zero attached hydrogens (tertiary/aromatic N) is 7. The Balaban J connectivity index is 1.15. The largest absolute Gasteiger partial charge is 0.462 e. The average molecular weight is 646 g/mol. The molecule has 0 unspecified atom stereocenters. The lowest BCUT2D eigenvalue weighted by molar-refractivity contribution is 0.0767. The molecule has 7 rings (SSSR count). The number of rotatable bonds is 9. The molecule has 10 heteroatoms. The highest BCUT2D eigenvalue weighted by Gasteiger charge is 2.35. The fraction of sp³-hybridized carbons (Fsp3) is 0.421. The third kappa shape index (κ3) is 6.74. The summed E-state index contributed by atoms with van der Waals surface area (Å²) in [5, 5.41) is 12.2. The number of carbonyl (C=O) groups is 1. The number of hydrogen-bond donors (Lipinski definition) is 0. The number of fused-ring (bicyclic) bond motifs is 2. The van der Waals surface area contributed by atoms with Crippen molar-refractivity contribution in [3.63, 3.8) is 0 Å². The summed E-state index contributed by atoms with van der Waals surface area (Å²) in [5.41, 5.74) is 4.21. The van der Waals surface area contributed by atoms with E-state index in [0.29, 0.717) is 44.8 Å². The number of likely N-dealkylation sites (tertiary alicyclic amines) is 1. The zero-order valence-corrected chi connectivity index (χ0v) is 27.6. The van der Waals surface area contributed by atoms with E-state index in [0.717, 1.165) is 55.1 Å². The van der Waals surface area contributed by atoms with Gasteiger partial charge in [-0.1, -0.05) is 73.7 Å². The van der Waals surface area contributed by atoms with Gasteiger partial charge in [0.25, 0.3) is 0 Å². The van der Waals surface area contributed by atoms with Crippen LogP contribution in [0.4, 0.5) is 16.3 Å². The van der Waals surface area contributed by atoms with Crippen LogP contribution in [0.25, 0.3) is 10.8 Å². The Morgan fingerprint density at radius 2 is 1.77 bits per heavy atom. The van der Waals surface area contributed by atoms with Gasteiger partial charge in [0.2, 0.25) is 0 Å². The average Bonchev–Trinajstić information content (AvgIpc) is 3.60. The number of aromatic nitrogens is 2. The lowest BCUT2D eigenvalue weighted by Crippen LogP contribution is -2.55. The van der Waals surface area contributed by atoms with Gasteiger partial charge in [0, 0.05) is 48.9 Å². The van der Waals surface area contributed by atoms with Gasteiger partial charge in [-0.25, -0.2) is 4.79 Å². The number of hydrogen-bond acceptors (Lipinski definition) is 9. The number of anilines is 2. The van der Waals surface area contributed by atoms with E-state index < -0.39 is 6.09 Å². The first kappa shape index (κ1) is 31.7. The summed E-state index contributed by atoms with van der Waals surface area (Å²) in [6.07, 6.45) is 2.88. The number of benzene rings is 3. The summed E-state index contributed by atoms with van der Waals surface area (Å²) < 4.78 is 12.1. The highest BCUT2D eigenvalue weighted by molar-refractivity contribution is 5.94. The molecule has 48 heavy (non-hydrogen) atoms. The van der Waals surface area contributed by atoms with Crippen molar-refractivity contribution in [2.45, 2.75) is 57.8 Å². The summed E-state index contributed by atoms with van der Waals surface area (Å²) in [5.74, 6) is 0.853. The van der Waals surface area contributed by atoms with Crippen LogP contribution in [0, 0.1) is 11.3 Å². The molecule has 0 N–H and O–H groups in total. The lowest BCUT2D eigenvalue weighted by Gasteiger charge is -2.42. The molecule has 2 atom stereocenters. The molecule has 0 aliphatic carbocycles. The van der Waals surface area contributed by atoms with E-state index in [1.165, 1.54) is 22.9 Å². The molecule has 248 valence electrons. The van der Waals surface area contributed by atoms with E-state index in [2.05, 4.69) is 70.2 Å². The first-order valence-electron chi connectivity index (χ1n) is 17.2. The predicted molar refractivity (Wildman–Crippen MR) is 186 cm³/mol. The van der Waals surface area contributed by atoms with Crippen molar-refractivity contribution >= 4 is 28.4 Å². The van der Waals surface area contributed by atoms with Gasteiger partial charge in [0.15, 0.2) is 0 Å². The zero-order valence-electron chi connectivity index (χ0n) is 27.6.